The Kier molecular flexibility index (Phi) is 7.02. The van der Waals surface area contributed by atoms with Crippen LogP contribution in [0.4, 0.5) is 5.69 Å². The normalized spacial score (nSPS) is 19.9. The monoisotopic (exact) mass is 458 g/mol. The van der Waals surface area contributed by atoms with Crippen molar-refractivity contribution in [3.63, 3.8) is 0 Å². The lowest BCUT2D eigenvalue weighted by Crippen LogP contribution is -2.52. The number of carbonyl (C=O) groups is 1. The Hall–Kier alpha value is -2.63. The molecule has 0 unspecified atom stereocenters. The number of nitrogens with zero attached hydrogens (tertiary/aromatic N) is 3. The number of fused-ring (bicyclic) bond motifs is 1. The van der Waals surface area contributed by atoms with E-state index < -0.39 is 0 Å². The van der Waals surface area contributed by atoms with Crippen molar-refractivity contribution in [1.29, 1.82) is 0 Å². The van der Waals surface area contributed by atoms with E-state index in [1.807, 2.05) is 0 Å². The van der Waals surface area contributed by atoms with Gasteiger partial charge in [-0.3, -0.25) is 14.6 Å². The highest BCUT2D eigenvalue weighted by Gasteiger charge is 2.24. The molecule has 2 aromatic rings. The predicted octanol–water partition coefficient (Wildman–Crippen LogP) is 3.89. The number of hydrogen-bond donors (Lipinski definition) is 1. The zero-order valence-corrected chi connectivity index (χ0v) is 20.7. The molecule has 34 heavy (non-hydrogen) atoms. The van der Waals surface area contributed by atoms with Crippen LogP contribution in [0.3, 0.4) is 0 Å². The van der Waals surface area contributed by atoms with Crippen LogP contribution in [-0.4, -0.2) is 73.6 Å². The van der Waals surface area contributed by atoms with Crippen LogP contribution in [0.1, 0.15) is 43.4 Å². The highest BCUT2D eigenvalue weighted by molar-refractivity contribution is 5.89. The van der Waals surface area contributed by atoms with Gasteiger partial charge in [0, 0.05) is 57.0 Å². The molecule has 5 nitrogen and oxygen atoms in total. The van der Waals surface area contributed by atoms with Gasteiger partial charge >= 0.3 is 0 Å². The molecule has 0 aromatic heterocycles. The number of anilines is 1. The number of piperidine rings is 1. The van der Waals surface area contributed by atoms with E-state index in [4.69, 9.17) is 0 Å². The van der Waals surface area contributed by atoms with Gasteiger partial charge in [-0.05, 0) is 67.5 Å². The van der Waals surface area contributed by atoms with Crippen molar-refractivity contribution in [2.24, 2.45) is 0 Å². The molecular weight excluding hydrogens is 420 g/mol. The second-order valence-electron chi connectivity index (χ2n) is 10.3. The van der Waals surface area contributed by atoms with Crippen LogP contribution < -0.4 is 10.2 Å². The van der Waals surface area contributed by atoms with Crippen LogP contribution in [0.25, 0.3) is 11.6 Å². The summed E-state index contributed by atoms with van der Waals surface area (Å²) in [5.41, 5.74) is 6.78. The van der Waals surface area contributed by atoms with Gasteiger partial charge in [-0.1, -0.05) is 42.5 Å². The molecule has 0 bridgehead atoms. The van der Waals surface area contributed by atoms with Gasteiger partial charge in [0.1, 0.15) is 0 Å². The average Bonchev–Trinajstić information content (AvgIpc) is 3.29. The van der Waals surface area contributed by atoms with E-state index in [1.165, 1.54) is 28.0 Å². The van der Waals surface area contributed by atoms with Gasteiger partial charge < -0.3 is 10.2 Å². The van der Waals surface area contributed by atoms with Crippen LogP contribution in [0, 0.1) is 0 Å². The number of nitrogens with one attached hydrogen (secondary N) is 1. The quantitative estimate of drug-likeness (QED) is 0.713. The minimum absolute atomic E-state index is 0.186. The maximum Gasteiger partial charge on any atom is 0.234 e. The number of allylic oxidation sites excluding steroid dienone is 1. The maximum atomic E-state index is 12.6. The Morgan fingerprint density at radius 2 is 1.74 bits per heavy atom. The molecule has 0 saturated carbocycles. The molecular formula is C29H38N4O. The van der Waals surface area contributed by atoms with E-state index in [-0.39, 0.29) is 11.9 Å². The van der Waals surface area contributed by atoms with Crippen molar-refractivity contribution in [3.8, 4) is 0 Å². The summed E-state index contributed by atoms with van der Waals surface area (Å²) >= 11 is 0. The summed E-state index contributed by atoms with van der Waals surface area (Å²) in [5, 5.41) is 3.31. The summed E-state index contributed by atoms with van der Waals surface area (Å²) in [6.45, 7) is 11.1. The van der Waals surface area contributed by atoms with E-state index in [0.717, 1.165) is 58.5 Å². The number of amides is 1. The molecule has 0 spiro atoms. The number of hydrogen-bond acceptors (Lipinski definition) is 4. The zero-order chi connectivity index (χ0) is 23.5. The molecule has 1 amide bonds. The molecule has 180 valence electrons. The lowest BCUT2D eigenvalue weighted by molar-refractivity contribution is -0.123. The summed E-state index contributed by atoms with van der Waals surface area (Å²) in [7, 11) is 0. The summed E-state index contributed by atoms with van der Waals surface area (Å²) in [4.78, 5) is 19.9. The molecule has 2 aromatic carbocycles. The van der Waals surface area contributed by atoms with Crippen molar-refractivity contribution < 1.29 is 4.79 Å². The minimum atomic E-state index is 0.186. The van der Waals surface area contributed by atoms with Gasteiger partial charge in [0.2, 0.25) is 5.91 Å². The van der Waals surface area contributed by atoms with E-state index in [2.05, 4.69) is 88.5 Å². The summed E-state index contributed by atoms with van der Waals surface area (Å²) < 4.78 is 0. The van der Waals surface area contributed by atoms with Crippen LogP contribution in [0.2, 0.25) is 0 Å². The summed E-state index contributed by atoms with van der Waals surface area (Å²) in [6, 6.07) is 18.5. The fraction of sp³-hybridized carbons (Fsp3) is 0.483. The van der Waals surface area contributed by atoms with E-state index in [1.54, 1.807) is 0 Å². The van der Waals surface area contributed by atoms with Gasteiger partial charge in [0.05, 0.1) is 6.54 Å². The highest BCUT2D eigenvalue weighted by atomic mass is 16.2. The Morgan fingerprint density at radius 3 is 2.47 bits per heavy atom. The van der Waals surface area contributed by atoms with E-state index in [9.17, 15) is 4.79 Å². The molecule has 0 atom stereocenters. The van der Waals surface area contributed by atoms with E-state index in [0.29, 0.717) is 12.6 Å². The largest absolute Gasteiger partial charge is 0.371 e. The molecule has 3 aliphatic rings. The smallest absolute Gasteiger partial charge is 0.234 e. The minimum Gasteiger partial charge on any atom is -0.371 e. The Bertz CT molecular complexity index is 1030. The van der Waals surface area contributed by atoms with Gasteiger partial charge in [0.25, 0.3) is 0 Å². The number of carbonyl (C=O) groups excluding carboxylic acids is 1. The molecule has 1 aliphatic carbocycles. The summed E-state index contributed by atoms with van der Waals surface area (Å²) in [6.07, 6.45) is 5.36. The third-order valence-corrected chi connectivity index (χ3v) is 7.71. The van der Waals surface area contributed by atoms with Crippen LogP contribution in [-0.2, 0) is 11.2 Å². The molecule has 2 heterocycles. The first-order valence-electron chi connectivity index (χ1n) is 12.9. The van der Waals surface area contributed by atoms with E-state index >= 15 is 0 Å². The van der Waals surface area contributed by atoms with Crippen molar-refractivity contribution in [3.05, 3.63) is 65.2 Å². The van der Waals surface area contributed by atoms with Gasteiger partial charge in [-0.15, -0.1) is 0 Å². The fourth-order valence-electron chi connectivity index (χ4n) is 5.56. The topological polar surface area (TPSA) is 38.8 Å². The van der Waals surface area contributed by atoms with Crippen molar-refractivity contribution in [2.75, 3.05) is 50.7 Å². The second kappa shape index (κ2) is 10.3. The molecule has 2 aliphatic heterocycles. The Balaban J connectivity index is 1.10. The van der Waals surface area contributed by atoms with Gasteiger partial charge in [0.15, 0.2) is 0 Å². The molecule has 2 fully saturated rings. The molecule has 1 N–H and O–H groups in total. The molecule has 5 heteroatoms. The van der Waals surface area contributed by atoms with Gasteiger partial charge in [-0.25, -0.2) is 0 Å². The third kappa shape index (κ3) is 5.37. The van der Waals surface area contributed by atoms with Crippen LogP contribution in [0.15, 0.2) is 48.5 Å². The number of rotatable bonds is 6. The first-order valence-corrected chi connectivity index (χ1v) is 12.9. The molecule has 5 rings (SSSR count). The maximum absolute atomic E-state index is 12.6. The number of piperazine rings is 1. The lowest BCUT2D eigenvalue weighted by atomic mass is 10.0. The molecule has 2 saturated heterocycles. The molecule has 0 radical (unpaired) electrons. The van der Waals surface area contributed by atoms with Crippen molar-refractivity contribution in [2.45, 2.75) is 45.2 Å². The average molecular weight is 459 g/mol. The predicted molar refractivity (Wildman–Crippen MR) is 141 cm³/mol. The lowest BCUT2D eigenvalue weighted by Gasteiger charge is -2.37. The van der Waals surface area contributed by atoms with Gasteiger partial charge in [-0.2, -0.15) is 0 Å². The zero-order valence-electron chi connectivity index (χ0n) is 20.7. The number of benzene rings is 2. The summed E-state index contributed by atoms with van der Waals surface area (Å²) in [5.74, 6) is 0.186. The fourth-order valence-corrected chi connectivity index (χ4v) is 5.56. The Morgan fingerprint density at radius 1 is 0.971 bits per heavy atom. The standard InChI is InChI=1S/C29H38N4O/c1-22(2)32-16-14-31(15-17-32)21-29(34)30-27-10-12-33(13-11-27)28-9-5-8-25(20-28)26-18-23-6-3-4-7-24(23)19-26/h3-9,18,20,22,27H,10-17,19,21H2,1-2H3,(H,30,34). The Labute approximate surface area is 204 Å². The first-order chi connectivity index (χ1) is 16.5. The second-order valence-corrected chi connectivity index (χ2v) is 10.3. The van der Waals surface area contributed by atoms with Crippen molar-refractivity contribution in [1.82, 2.24) is 15.1 Å². The highest BCUT2D eigenvalue weighted by Crippen LogP contribution is 2.33. The van der Waals surface area contributed by atoms with Crippen LogP contribution in [0.5, 0.6) is 0 Å². The van der Waals surface area contributed by atoms with Crippen molar-refractivity contribution >= 4 is 23.2 Å². The first kappa shape index (κ1) is 23.1. The SMILES string of the molecule is CC(C)N1CCN(CC(=O)NC2CCN(c3cccc(C4=Cc5ccccc5C4)c3)CC2)CC1. The van der Waals surface area contributed by atoms with Crippen LogP contribution >= 0.6 is 0 Å². The third-order valence-electron chi connectivity index (χ3n) is 7.71.